The molecule has 0 saturated heterocycles. The van der Waals surface area contributed by atoms with Gasteiger partial charge in [-0.3, -0.25) is 4.79 Å². The van der Waals surface area contributed by atoms with Gasteiger partial charge < -0.3 is 10.6 Å². The number of nitrogens with one attached hydrogen (secondary N) is 2. The van der Waals surface area contributed by atoms with Gasteiger partial charge in [0.15, 0.2) is 5.78 Å². The predicted molar refractivity (Wildman–Crippen MR) is 73.7 cm³/mol. The van der Waals surface area contributed by atoms with Gasteiger partial charge in [-0.25, -0.2) is 4.79 Å². The highest BCUT2D eigenvalue weighted by Gasteiger charge is 2.29. The smallest absolute Gasteiger partial charge is 0.319 e. The number of urea groups is 1. The fourth-order valence-corrected chi connectivity index (χ4v) is 2.46. The molecule has 0 saturated carbocycles. The molecule has 1 heterocycles. The first-order chi connectivity index (χ1) is 8.90. The summed E-state index contributed by atoms with van der Waals surface area (Å²) in [6.45, 7) is 7.26. The van der Waals surface area contributed by atoms with Gasteiger partial charge in [0.1, 0.15) is 0 Å². The Morgan fingerprint density at radius 3 is 2.53 bits per heavy atom. The summed E-state index contributed by atoms with van der Waals surface area (Å²) >= 11 is 0. The molecule has 100 valence electrons. The Kier molecular flexibility index (Phi) is 3.42. The maximum absolute atomic E-state index is 11.8. The Morgan fingerprint density at radius 1 is 1.21 bits per heavy atom. The van der Waals surface area contributed by atoms with Crippen LogP contribution in [0.3, 0.4) is 0 Å². The van der Waals surface area contributed by atoms with Crippen LogP contribution in [0.2, 0.25) is 0 Å². The van der Waals surface area contributed by atoms with Crippen LogP contribution in [-0.4, -0.2) is 11.8 Å². The first-order valence-corrected chi connectivity index (χ1v) is 6.26. The molecule has 4 heteroatoms. The lowest BCUT2D eigenvalue weighted by Crippen LogP contribution is -2.45. The van der Waals surface area contributed by atoms with E-state index >= 15 is 0 Å². The number of aryl methyl sites for hydroxylation is 2. The standard InChI is InChI=1S/C15H18N2O2/c1-8-5-6-9(2)12(7-8)14-13(11(4)18)10(3)16-15(19)17-14/h5-7,14H,1-4H3,(H2,16,17,19). The third-order valence-electron chi connectivity index (χ3n) is 3.39. The zero-order valence-corrected chi connectivity index (χ0v) is 11.6. The van der Waals surface area contributed by atoms with Crippen LogP contribution in [-0.2, 0) is 4.79 Å². The topological polar surface area (TPSA) is 58.2 Å². The lowest BCUT2D eigenvalue weighted by molar-refractivity contribution is -0.114. The lowest BCUT2D eigenvalue weighted by Gasteiger charge is -2.29. The van der Waals surface area contributed by atoms with Crippen molar-refractivity contribution in [3.05, 3.63) is 46.2 Å². The molecule has 1 aliphatic rings. The van der Waals surface area contributed by atoms with Crippen molar-refractivity contribution in [1.82, 2.24) is 10.6 Å². The molecule has 0 fully saturated rings. The number of hydrogen-bond donors (Lipinski definition) is 2. The minimum atomic E-state index is -0.369. The van der Waals surface area contributed by atoms with Gasteiger partial charge in [-0.1, -0.05) is 23.8 Å². The molecule has 2 rings (SSSR count). The molecular weight excluding hydrogens is 240 g/mol. The molecule has 1 aromatic carbocycles. The van der Waals surface area contributed by atoms with Crippen LogP contribution < -0.4 is 10.6 Å². The minimum absolute atomic E-state index is 0.0316. The van der Waals surface area contributed by atoms with Gasteiger partial charge in [0.05, 0.1) is 6.04 Å². The summed E-state index contributed by atoms with van der Waals surface area (Å²) in [5, 5.41) is 5.49. The molecule has 1 aliphatic heterocycles. The number of amides is 2. The van der Waals surface area contributed by atoms with Gasteiger partial charge in [-0.05, 0) is 38.8 Å². The van der Waals surface area contributed by atoms with E-state index in [2.05, 4.69) is 10.6 Å². The average molecular weight is 258 g/mol. The molecule has 1 unspecified atom stereocenters. The van der Waals surface area contributed by atoms with Crippen molar-refractivity contribution in [3.63, 3.8) is 0 Å². The lowest BCUT2D eigenvalue weighted by atomic mass is 9.89. The molecule has 1 aromatic rings. The van der Waals surface area contributed by atoms with E-state index in [0.717, 1.165) is 16.7 Å². The second-order valence-electron chi connectivity index (χ2n) is 4.99. The number of hydrogen-bond acceptors (Lipinski definition) is 2. The van der Waals surface area contributed by atoms with Gasteiger partial charge in [0.2, 0.25) is 0 Å². The Balaban J connectivity index is 2.58. The monoisotopic (exact) mass is 258 g/mol. The Hall–Kier alpha value is -2.10. The average Bonchev–Trinajstić information content (AvgIpc) is 2.30. The maximum atomic E-state index is 11.8. The Bertz CT molecular complexity index is 588. The molecule has 0 bridgehead atoms. The van der Waals surface area contributed by atoms with E-state index in [1.165, 1.54) is 6.92 Å². The second-order valence-corrected chi connectivity index (χ2v) is 4.99. The molecule has 0 aliphatic carbocycles. The number of allylic oxidation sites excluding steroid dienone is 1. The molecule has 0 aromatic heterocycles. The van der Waals surface area contributed by atoms with E-state index in [-0.39, 0.29) is 17.9 Å². The zero-order chi connectivity index (χ0) is 14.2. The molecular formula is C15H18N2O2. The molecule has 19 heavy (non-hydrogen) atoms. The fourth-order valence-electron chi connectivity index (χ4n) is 2.46. The van der Waals surface area contributed by atoms with E-state index in [9.17, 15) is 9.59 Å². The normalized spacial score (nSPS) is 18.9. The summed E-state index contributed by atoms with van der Waals surface area (Å²) in [6.07, 6.45) is 0. The SMILES string of the molecule is CC(=O)C1=C(C)NC(=O)NC1c1cc(C)ccc1C. The van der Waals surface area contributed by atoms with E-state index in [4.69, 9.17) is 0 Å². The predicted octanol–water partition coefficient (Wildman–Crippen LogP) is 2.52. The molecule has 1 atom stereocenters. The third kappa shape index (κ3) is 2.52. The summed E-state index contributed by atoms with van der Waals surface area (Å²) in [6, 6.07) is 5.40. The van der Waals surface area contributed by atoms with Crippen molar-refractivity contribution in [2.75, 3.05) is 0 Å². The fraction of sp³-hybridized carbons (Fsp3) is 0.333. The number of ketones is 1. The Labute approximate surface area is 112 Å². The van der Waals surface area contributed by atoms with Crippen LogP contribution in [0.4, 0.5) is 4.79 Å². The van der Waals surface area contributed by atoms with Gasteiger partial charge in [0.25, 0.3) is 0 Å². The largest absolute Gasteiger partial charge is 0.327 e. The number of rotatable bonds is 2. The summed E-state index contributed by atoms with van der Waals surface area (Å²) in [5.41, 5.74) is 4.38. The number of Topliss-reactive ketones (excluding diaryl/α,β-unsaturated/α-hetero) is 1. The summed E-state index contributed by atoms with van der Waals surface area (Å²) in [4.78, 5) is 23.5. The molecule has 2 amide bonds. The minimum Gasteiger partial charge on any atom is -0.327 e. The van der Waals surface area contributed by atoms with Gasteiger partial charge >= 0.3 is 6.03 Å². The first-order valence-electron chi connectivity index (χ1n) is 6.26. The second kappa shape index (κ2) is 4.88. The molecule has 0 spiro atoms. The highest BCUT2D eigenvalue weighted by Crippen LogP contribution is 2.29. The van der Waals surface area contributed by atoms with Gasteiger partial charge in [-0.15, -0.1) is 0 Å². The van der Waals surface area contributed by atoms with Crippen LogP contribution in [0.15, 0.2) is 29.5 Å². The Morgan fingerprint density at radius 2 is 1.89 bits per heavy atom. The van der Waals surface area contributed by atoms with Crippen LogP contribution in [0.25, 0.3) is 0 Å². The van der Waals surface area contributed by atoms with E-state index in [1.54, 1.807) is 6.92 Å². The highest BCUT2D eigenvalue weighted by molar-refractivity contribution is 5.98. The van der Waals surface area contributed by atoms with Crippen molar-refractivity contribution in [1.29, 1.82) is 0 Å². The van der Waals surface area contributed by atoms with E-state index < -0.39 is 0 Å². The van der Waals surface area contributed by atoms with Crippen molar-refractivity contribution < 1.29 is 9.59 Å². The molecule has 2 N–H and O–H groups in total. The number of carbonyl (C=O) groups excluding carboxylic acids is 2. The van der Waals surface area contributed by atoms with Crippen molar-refractivity contribution in [2.24, 2.45) is 0 Å². The van der Waals surface area contributed by atoms with Gasteiger partial charge in [-0.2, -0.15) is 0 Å². The van der Waals surface area contributed by atoms with Crippen molar-refractivity contribution >= 4 is 11.8 Å². The van der Waals surface area contributed by atoms with Gasteiger partial charge in [0, 0.05) is 11.3 Å². The van der Waals surface area contributed by atoms with Crippen LogP contribution >= 0.6 is 0 Å². The van der Waals surface area contributed by atoms with Crippen LogP contribution in [0.5, 0.6) is 0 Å². The van der Waals surface area contributed by atoms with Crippen molar-refractivity contribution in [2.45, 2.75) is 33.7 Å². The van der Waals surface area contributed by atoms with Crippen LogP contribution in [0.1, 0.15) is 36.6 Å². The number of carbonyl (C=O) groups is 2. The van der Waals surface area contributed by atoms with Crippen molar-refractivity contribution in [3.8, 4) is 0 Å². The summed E-state index contributed by atoms with van der Waals surface area (Å²) < 4.78 is 0. The molecule has 0 radical (unpaired) electrons. The first kappa shape index (κ1) is 13.3. The highest BCUT2D eigenvalue weighted by atomic mass is 16.2. The van der Waals surface area contributed by atoms with E-state index in [0.29, 0.717) is 11.3 Å². The third-order valence-corrected chi connectivity index (χ3v) is 3.39. The molecule has 4 nitrogen and oxygen atoms in total. The zero-order valence-electron chi connectivity index (χ0n) is 11.6. The quantitative estimate of drug-likeness (QED) is 0.856. The maximum Gasteiger partial charge on any atom is 0.319 e. The van der Waals surface area contributed by atoms with Crippen LogP contribution in [0, 0.1) is 13.8 Å². The number of benzene rings is 1. The van der Waals surface area contributed by atoms with E-state index in [1.807, 2.05) is 32.0 Å². The summed E-state index contributed by atoms with van der Waals surface area (Å²) in [5.74, 6) is -0.0316. The summed E-state index contributed by atoms with van der Waals surface area (Å²) in [7, 11) is 0.